The monoisotopic (exact) mass is 354 g/mol. The molecule has 26 heavy (non-hydrogen) atoms. The Morgan fingerprint density at radius 3 is 1.77 bits per heavy atom. The first-order chi connectivity index (χ1) is 12.6. The predicted octanol–water partition coefficient (Wildman–Crippen LogP) is 6.18. The summed E-state index contributed by atoms with van der Waals surface area (Å²) >= 11 is 0. The molecule has 0 unspecified atom stereocenters. The number of unbranched alkanes of at least 4 members (excludes halogenated alkanes) is 1. The van der Waals surface area contributed by atoms with Gasteiger partial charge in [-0.1, -0.05) is 49.7 Å². The number of rotatable bonds is 6. The van der Waals surface area contributed by atoms with E-state index in [2.05, 4.69) is 6.92 Å². The van der Waals surface area contributed by atoms with Crippen LogP contribution >= 0.6 is 0 Å². The molecule has 0 aromatic heterocycles. The second-order valence-electron chi connectivity index (χ2n) is 6.06. The van der Waals surface area contributed by atoms with Crippen LogP contribution in [0, 0.1) is 11.6 Å². The molecule has 0 aliphatic rings. The molecule has 3 aromatic carbocycles. The SMILES string of the molecule is CCCCOc1ccc(-c2ccc(-c3ccc(O)cc3)c(F)c2F)cc1. The molecule has 1 N–H and O–H groups in total. The lowest BCUT2D eigenvalue weighted by Gasteiger charge is -2.10. The van der Waals surface area contributed by atoms with Crippen LogP contribution < -0.4 is 4.74 Å². The van der Waals surface area contributed by atoms with Crippen LogP contribution in [0.4, 0.5) is 8.78 Å². The minimum Gasteiger partial charge on any atom is -0.508 e. The van der Waals surface area contributed by atoms with E-state index in [9.17, 15) is 13.9 Å². The van der Waals surface area contributed by atoms with Gasteiger partial charge in [0, 0.05) is 11.1 Å². The van der Waals surface area contributed by atoms with Crippen molar-refractivity contribution >= 4 is 0 Å². The molecule has 0 aliphatic carbocycles. The number of ether oxygens (including phenoxy) is 1. The summed E-state index contributed by atoms with van der Waals surface area (Å²) in [5.41, 5.74) is 1.45. The Kier molecular flexibility index (Phi) is 5.52. The van der Waals surface area contributed by atoms with Crippen LogP contribution in [-0.2, 0) is 0 Å². The molecule has 0 aliphatic heterocycles. The van der Waals surface area contributed by atoms with Crippen LogP contribution in [0.5, 0.6) is 11.5 Å². The Hall–Kier alpha value is -2.88. The Bertz CT molecular complexity index is 872. The van der Waals surface area contributed by atoms with Crippen LogP contribution in [0.15, 0.2) is 60.7 Å². The van der Waals surface area contributed by atoms with Gasteiger partial charge >= 0.3 is 0 Å². The standard InChI is InChI=1S/C22H20F2O2/c1-2-3-14-26-18-10-6-16(7-11-18)20-13-12-19(21(23)22(20)24)15-4-8-17(25)9-5-15/h4-13,25H,2-3,14H2,1H3. The van der Waals surface area contributed by atoms with Crippen molar-refractivity contribution in [3.63, 3.8) is 0 Å². The quantitative estimate of drug-likeness (QED) is 0.535. The molecule has 0 atom stereocenters. The maximum Gasteiger partial charge on any atom is 0.167 e. The summed E-state index contributed by atoms with van der Waals surface area (Å²) in [6.07, 6.45) is 2.02. The fourth-order valence-electron chi connectivity index (χ4n) is 2.70. The smallest absolute Gasteiger partial charge is 0.167 e. The maximum atomic E-state index is 14.6. The highest BCUT2D eigenvalue weighted by molar-refractivity contribution is 5.72. The molecule has 0 heterocycles. The Balaban J connectivity index is 1.87. The Labute approximate surface area is 151 Å². The molecule has 0 saturated carbocycles. The van der Waals surface area contributed by atoms with Gasteiger partial charge in [-0.05, 0) is 41.8 Å². The van der Waals surface area contributed by atoms with Crippen LogP contribution in [0.25, 0.3) is 22.3 Å². The fraction of sp³-hybridized carbons (Fsp3) is 0.182. The van der Waals surface area contributed by atoms with E-state index in [1.165, 1.54) is 12.1 Å². The van der Waals surface area contributed by atoms with Crippen molar-refractivity contribution in [3.8, 4) is 33.8 Å². The van der Waals surface area contributed by atoms with E-state index in [0.717, 1.165) is 12.8 Å². The zero-order valence-corrected chi connectivity index (χ0v) is 14.5. The van der Waals surface area contributed by atoms with Gasteiger partial charge in [-0.25, -0.2) is 8.78 Å². The number of benzene rings is 3. The summed E-state index contributed by atoms with van der Waals surface area (Å²) < 4.78 is 34.8. The van der Waals surface area contributed by atoms with Crippen molar-refractivity contribution in [1.29, 1.82) is 0 Å². The largest absolute Gasteiger partial charge is 0.508 e. The Morgan fingerprint density at radius 1 is 0.769 bits per heavy atom. The lowest BCUT2D eigenvalue weighted by atomic mass is 9.98. The third kappa shape index (κ3) is 3.85. The van der Waals surface area contributed by atoms with E-state index < -0.39 is 11.6 Å². The zero-order chi connectivity index (χ0) is 18.5. The third-order valence-electron chi connectivity index (χ3n) is 4.19. The van der Waals surface area contributed by atoms with Crippen molar-refractivity contribution in [2.45, 2.75) is 19.8 Å². The molecule has 0 bridgehead atoms. The molecule has 0 saturated heterocycles. The molecule has 134 valence electrons. The fourth-order valence-corrected chi connectivity index (χ4v) is 2.70. The Morgan fingerprint density at radius 2 is 1.27 bits per heavy atom. The number of hydrogen-bond donors (Lipinski definition) is 1. The summed E-state index contributed by atoms with van der Waals surface area (Å²) in [5.74, 6) is -1.01. The van der Waals surface area contributed by atoms with Gasteiger partial charge in [-0.2, -0.15) is 0 Å². The second kappa shape index (κ2) is 8.00. The van der Waals surface area contributed by atoms with Gasteiger partial charge in [-0.15, -0.1) is 0 Å². The van der Waals surface area contributed by atoms with Crippen LogP contribution in [0.1, 0.15) is 19.8 Å². The van der Waals surface area contributed by atoms with Gasteiger partial charge in [0.25, 0.3) is 0 Å². The first-order valence-corrected chi connectivity index (χ1v) is 8.60. The van der Waals surface area contributed by atoms with Crippen molar-refractivity contribution in [3.05, 3.63) is 72.3 Å². The third-order valence-corrected chi connectivity index (χ3v) is 4.19. The van der Waals surface area contributed by atoms with Gasteiger partial charge in [-0.3, -0.25) is 0 Å². The molecule has 3 aromatic rings. The van der Waals surface area contributed by atoms with Crippen LogP contribution in [0.3, 0.4) is 0 Å². The van der Waals surface area contributed by atoms with Gasteiger partial charge in [0.2, 0.25) is 0 Å². The van der Waals surface area contributed by atoms with Crippen molar-refractivity contribution in [2.24, 2.45) is 0 Å². The summed E-state index contributed by atoms with van der Waals surface area (Å²) in [5, 5.41) is 9.33. The van der Waals surface area contributed by atoms with Crippen molar-refractivity contribution < 1.29 is 18.6 Å². The van der Waals surface area contributed by atoms with E-state index in [-0.39, 0.29) is 16.9 Å². The van der Waals surface area contributed by atoms with Gasteiger partial charge < -0.3 is 9.84 Å². The number of halogens is 2. The first-order valence-electron chi connectivity index (χ1n) is 8.60. The normalized spacial score (nSPS) is 10.7. The molecular formula is C22H20F2O2. The molecule has 0 spiro atoms. The summed E-state index contributed by atoms with van der Waals surface area (Å²) in [6.45, 7) is 2.73. The highest BCUT2D eigenvalue weighted by Gasteiger charge is 2.16. The highest BCUT2D eigenvalue weighted by atomic mass is 19.2. The van der Waals surface area contributed by atoms with E-state index in [1.807, 2.05) is 0 Å². The summed E-state index contributed by atoms with van der Waals surface area (Å²) in [7, 11) is 0. The molecule has 0 amide bonds. The van der Waals surface area contributed by atoms with Gasteiger partial charge in [0.15, 0.2) is 11.6 Å². The lowest BCUT2D eigenvalue weighted by molar-refractivity contribution is 0.309. The summed E-state index contributed by atoms with van der Waals surface area (Å²) in [6, 6.07) is 16.1. The number of hydrogen-bond acceptors (Lipinski definition) is 2. The minimum atomic E-state index is -0.906. The van der Waals surface area contributed by atoms with Gasteiger partial charge in [0.1, 0.15) is 11.5 Å². The molecule has 2 nitrogen and oxygen atoms in total. The predicted molar refractivity (Wildman–Crippen MR) is 99.3 cm³/mol. The average Bonchev–Trinajstić information content (AvgIpc) is 2.66. The lowest BCUT2D eigenvalue weighted by Crippen LogP contribution is -1.97. The second-order valence-corrected chi connectivity index (χ2v) is 6.06. The van der Waals surface area contributed by atoms with E-state index in [0.29, 0.717) is 23.5 Å². The van der Waals surface area contributed by atoms with Crippen LogP contribution in [0.2, 0.25) is 0 Å². The maximum absolute atomic E-state index is 14.6. The summed E-state index contributed by atoms with van der Waals surface area (Å²) in [4.78, 5) is 0. The molecule has 3 rings (SSSR count). The highest BCUT2D eigenvalue weighted by Crippen LogP contribution is 2.32. The number of phenolic OH excluding ortho intramolecular Hbond substituents is 1. The van der Waals surface area contributed by atoms with E-state index in [4.69, 9.17) is 4.74 Å². The van der Waals surface area contributed by atoms with E-state index in [1.54, 1.807) is 48.5 Å². The number of phenols is 1. The first kappa shape index (κ1) is 17.9. The van der Waals surface area contributed by atoms with Gasteiger partial charge in [0.05, 0.1) is 6.61 Å². The van der Waals surface area contributed by atoms with E-state index >= 15 is 0 Å². The minimum absolute atomic E-state index is 0.0764. The van der Waals surface area contributed by atoms with Crippen molar-refractivity contribution in [1.82, 2.24) is 0 Å². The topological polar surface area (TPSA) is 29.5 Å². The molecule has 4 heteroatoms. The van der Waals surface area contributed by atoms with Crippen molar-refractivity contribution in [2.75, 3.05) is 6.61 Å². The van der Waals surface area contributed by atoms with Crippen LogP contribution in [-0.4, -0.2) is 11.7 Å². The molecule has 0 radical (unpaired) electrons. The average molecular weight is 354 g/mol. The number of aromatic hydroxyl groups is 1. The molecule has 0 fully saturated rings. The molecular weight excluding hydrogens is 334 g/mol. The zero-order valence-electron chi connectivity index (χ0n) is 14.5.